The molecule has 0 heterocycles. The van der Waals surface area contributed by atoms with E-state index in [0.717, 1.165) is 18.6 Å². The Bertz CT molecular complexity index is 124. The minimum Gasteiger partial charge on any atom is -0.310 e. The fourth-order valence-corrected chi connectivity index (χ4v) is 0.626. The summed E-state index contributed by atoms with van der Waals surface area (Å²) in [6, 6.07) is 2.09. The maximum atomic E-state index is 8.16. The molecule has 7 heavy (non-hydrogen) atoms. The standard InChI is InChI=1S/C5H6N2/c6-3-4-1-5(7)2-4/h4,7H,1-2H2. The molecule has 1 aliphatic rings. The van der Waals surface area contributed by atoms with Crippen LogP contribution in [-0.4, -0.2) is 5.71 Å². The van der Waals surface area contributed by atoms with Crippen molar-refractivity contribution in [1.29, 1.82) is 10.7 Å². The van der Waals surface area contributed by atoms with Crippen molar-refractivity contribution in [2.75, 3.05) is 0 Å². The molecule has 1 rings (SSSR count). The lowest BCUT2D eigenvalue weighted by Gasteiger charge is -2.18. The van der Waals surface area contributed by atoms with Crippen molar-refractivity contribution in [3.05, 3.63) is 0 Å². The van der Waals surface area contributed by atoms with Gasteiger partial charge in [-0.1, -0.05) is 0 Å². The van der Waals surface area contributed by atoms with Gasteiger partial charge in [0, 0.05) is 18.6 Å². The van der Waals surface area contributed by atoms with Crippen LogP contribution in [0.4, 0.5) is 0 Å². The average Bonchev–Trinajstić information content (AvgIpc) is 1.58. The maximum Gasteiger partial charge on any atom is 0.0663 e. The summed E-state index contributed by atoms with van der Waals surface area (Å²) in [7, 11) is 0. The molecule has 0 saturated heterocycles. The number of hydrogen-bond acceptors (Lipinski definition) is 2. The largest absolute Gasteiger partial charge is 0.310 e. The summed E-state index contributed by atoms with van der Waals surface area (Å²) in [6.07, 6.45) is 1.44. The van der Waals surface area contributed by atoms with Gasteiger partial charge in [0.05, 0.1) is 12.0 Å². The molecule has 0 unspecified atom stereocenters. The second-order valence-corrected chi connectivity index (χ2v) is 1.84. The molecule has 2 nitrogen and oxygen atoms in total. The van der Waals surface area contributed by atoms with E-state index in [4.69, 9.17) is 10.7 Å². The summed E-state index contributed by atoms with van der Waals surface area (Å²) in [6.45, 7) is 0. The van der Waals surface area contributed by atoms with Crippen LogP contribution in [0, 0.1) is 22.7 Å². The third-order valence-electron chi connectivity index (χ3n) is 1.17. The topological polar surface area (TPSA) is 47.6 Å². The number of rotatable bonds is 0. The highest BCUT2D eigenvalue weighted by molar-refractivity contribution is 5.87. The molecule has 1 saturated carbocycles. The first-order chi connectivity index (χ1) is 3.33. The monoisotopic (exact) mass is 94.1 g/mol. The Morgan fingerprint density at radius 1 is 1.71 bits per heavy atom. The van der Waals surface area contributed by atoms with Gasteiger partial charge in [0.1, 0.15) is 0 Å². The van der Waals surface area contributed by atoms with Crippen LogP contribution in [0.1, 0.15) is 12.8 Å². The maximum absolute atomic E-state index is 8.16. The fourth-order valence-electron chi connectivity index (χ4n) is 0.626. The van der Waals surface area contributed by atoms with Crippen LogP contribution in [0.25, 0.3) is 0 Å². The van der Waals surface area contributed by atoms with Crippen molar-refractivity contribution in [1.82, 2.24) is 0 Å². The molecule has 2 heteroatoms. The molecule has 0 bridgehead atoms. The Kier molecular flexibility index (Phi) is 0.828. The lowest BCUT2D eigenvalue weighted by Crippen LogP contribution is -2.20. The zero-order chi connectivity index (χ0) is 5.28. The van der Waals surface area contributed by atoms with Crippen LogP contribution in [0.5, 0.6) is 0 Å². The predicted octanol–water partition coefficient (Wildman–Crippen LogP) is 0.940. The molecule has 0 aromatic carbocycles. The zero-order valence-corrected chi connectivity index (χ0v) is 3.94. The summed E-state index contributed by atoms with van der Waals surface area (Å²) in [5.41, 5.74) is 0.728. The van der Waals surface area contributed by atoms with Crippen LogP contribution in [0.15, 0.2) is 0 Å². The normalized spacial score (nSPS) is 28.4. The molecule has 0 aromatic heterocycles. The zero-order valence-electron chi connectivity index (χ0n) is 3.94. The van der Waals surface area contributed by atoms with Gasteiger partial charge in [-0.3, -0.25) is 0 Å². The van der Waals surface area contributed by atoms with Crippen LogP contribution >= 0.6 is 0 Å². The van der Waals surface area contributed by atoms with Gasteiger partial charge in [-0.05, 0) is 0 Å². The number of nitrogens with zero attached hydrogens (tertiary/aromatic N) is 1. The van der Waals surface area contributed by atoms with E-state index in [2.05, 4.69) is 6.07 Å². The highest BCUT2D eigenvalue weighted by Crippen LogP contribution is 2.20. The Labute approximate surface area is 42.3 Å². The van der Waals surface area contributed by atoms with Crippen molar-refractivity contribution in [2.24, 2.45) is 5.92 Å². The van der Waals surface area contributed by atoms with E-state index >= 15 is 0 Å². The third kappa shape index (κ3) is 0.614. The summed E-state index contributed by atoms with van der Waals surface area (Å²) in [5.74, 6) is 0.174. The second-order valence-electron chi connectivity index (χ2n) is 1.84. The Morgan fingerprint density at radius 2 is 2.29 bits per heavy atom. The predicted molar refractivity (Wildman–Crippen MR) is 26.1 cm³/mol. The van der Waals surface area contributed by atoms with Gasteiger partial charge < -0.3 is 5.41 Å². The first kappa shape index (κ1) is 4.32. The summed E-state index contributed by atoms with van der Waals surface area (Å²) in [4.78, 5) is 0. The summed E-state index contributed by atoms with van der Waals surface area (Å²) in [5, 5.41) is 15.1. The Hall–Kier alpha value is -0.840. The van der Waals surface area contributed by atoms with E-state index < -0.39 is 0 Å². The van der Waals surface area contributed by atoms with Crippen molar-refractivity contribution < 1.29 is 0 Å². The number of nitrogens with one attached hydrogen (secondary N) is 1. The van der Waals surface area contributed by atoms with Crippen LogP contribution in [-0.2, 0) is 0 Å². The Morgan fingerprint density at radius 3 is 2.43 bits per heavy atom. The molecule has 1 aliphatic carbocycles. The minimum absolute atomic E-state index is 0.174. The van der Waals surface area contributed by atoms with Gasteiger partial charge in [-0.2, -0.15) is 5.26 Å². The lowest BCUT2D eigenvalue weighted by atomic mass is 9.85. The molecular formula is C5H6N2. The van der Waals surface area contributed by atoms with Crippen molar-refractivity contribution >= 4 is 5.71 Å². The van der Waals surface area contributed by atoms with E-state index in [9.17, 15) is 0 Å². The lowest BCUT2D eigenvalue weighted by molar-refractivity contribution is 0.631. The van der Waals surface area contributed by atoms with Crippen molar-refractivity contribution in [2.45, 2.75) is 12.8 Å². The van der Waals surface area contributed by atoms with Gasteiger partial charge in [0.25, 0.3) is 0 Å². The first-order valence-electron chi connectivity index (χ1n) is 2.29. The smallest absolute Gasteiger partial charge is 0.0663 e. The first-order valence-corrected chi connectivity index (χ1v) is 2.29. The second kappa shape index (κ2) is 1.34. The molecule has 1 N–H and O–H groups in total. The molecule has 0 amide bonds. The quantitative estimate of drug-likeness (QED) is 0.477. The van der Waals surface area contributed by atoms with Gasteiger partial charge in [0.2, 0.25) is 0 Å². The highest BCUT2D eigenvalue weighted by Gasteiger charge is 2.21. The van der Waals surface area contributed by atoms with E-state index in [0.29, 0.717) is 0 Å². The van der Waals surface area contributed by atoms with Gasteiger partial charge in [0.15, 0.2) is 0 Å². The van der Waals surface area contributed by atoms with Gasteiger partial charge in [-0.25, -0.2) is 0 Å². The molecule has 0 spiro atoms. The molecular weight excluding hydrogens is 88.1 g/mol. The molecule has 0 atom stereocenters. The molecule has 0 aromatic rings. The highest BCUT2D eigenvalue weighted by atomic mass is 14.5. The van der Waals surface area contributed by atoms with Crippen LogP contribution < -0.4 is 0 Å². The van der Waals surface area contributed by atoms with Gasteiger partial charge >= 0.3 is 0 Å². The van der Waals surface area contributed by atoms with Crippen LogP contribution in [0.3, 0.4) is 0 Å². The SMILES string of the molecule is N#CC1CC(=N)C1. The minimum atomic E-state index is 0.174. The summed E-state index contributed by atoms with van der Waals surface area (Å²) >= 11 is 0. The van der Waals surface area contributed by atoms with Gasteiger partial charge in [-0.15, -0.1) is 0 Å². The molecule has 0 aliphatic heterocycles. The van der Waals surface area contributed by atoms with Crippen LogP contribution in [0.2, 0.25) is 0 Å². The molecule has 0 radical (unpaired) electrons. The van der Waals surface area contributed by atoms with E-state index in [-0.39, 0.29) is 5.92 Å². The van der Waals surface area contributed by atoms with Crippen molar-refractivity contribution in [3.63, 3.8) is 0 Å². The van der Waals surface area contributed by atoms with Crippen molar-refractivity contribution in [3.8, 4) is 6.07 Å². The third-order valence-corrected chi connectivity index (χ3v) is 1.17. The number of nitriles is 1. The van der Waals surface area contributed by atoms with E-state index in [1.807, 2.05) is 0 Å². The van der Waals surface area contributed by atoms with E-state index in [1.54, 1.807) is 0 Å². The fraction of sp³-hybridized carbons (Fsp3) is 0.600. The molecule has 36 valence electrons. The average molecular weight is 94.1 g/mol. The Balaban J connectivity index is 2.34. The summed E-state index contributed by atoms with van der Waals surface area (Å²) < 4.78 is 0. The molecule has 1 fully saturated rings. The number of hydrogen-bond donors (Lipinski definition) is 1. The van der Waals surface area contributed by atoms with E-state index in [1.165, 1.54) is 0 Å².